The SMILES string of the molecule is C=CC(=C\C=C/C)/C(=C/C=C(\C)c1ccc2c(c1)C1(C(C)=C(/C=N\C(=C)c3ccccc3)c3ccccc31)c1ccccc1-2)CC. The number of rotatable bonds is 9. The van der Waals surface area contributed by atoms with Crippen molar-refractivity contribution in [3.8, 4) is 11.1 Å². The van der Waals surface area contributed by atoms with E-state index in [2.05, 4.69) is 137 Å². The van der Waals surface area contributed by atoms with Gasteiger partial charge in [0.1, 0.15) is 0 Å². The highest BCUT2D eigenvalue weighted by Crippen LogP contribution is 2.61. The number of hydrogen-bond acceptors (Lipinski definition) is 1. The van der Waals surface area contributed by atoms with Gasteiger partial charge >= 0.3 is 0 Å². The van der Waals surface area contributed by atoms with Gasteiger partial charge in [0, 0.05) is 11.8 Å². The summed E-state index contributed by atoms with van der Waals surface area (Å²) in [4.78, 5) is 4.92. The second-order valence-electron chi connectivity index (χ2n) is 12.0. The first kappa shape index (κ1) is 30.7. The predicted molar refractivity (Wildman–Crippen MR) is 200 cm³/mol. The van der Waals surface area contributed by atoms with Gasteiger partial charge in [-0.1, -0.05) is 148 Å². The van der Waals surface area contributed by atoms with Gasteiger partial charge in [-0.05, 0) is 100 Å². The molecular formula is C45H41N. The van der Waals surface area contributed by atoms with Crippen LogP contribution in [0.4, 0.5) is 0 Å². The van der Waals surface area contributed by atoms with Gasteiger partial charge in [-0.3, -0.25) is 4.99 Å². The van der Waals surface area contributed by atoms with Crippen molar-refractivity contribution in [1.29, 1.82) is 0 Å². The van der Waals surface area contributed by atoms with Gasteiger partial charge in [0.05, 0.1) is 11.1 Å². The first-order chi connectivity index (χ1) is 22.4. The van der Waals surface area contributed by atoms with E-state index in [0.717, 1.165) is 28.8 Å². The molecule has 0 aromatic heterocycles. The molecule has 226 valence electrons. The molecule has 0 heterocycles. The smallest absolute Gasteiger partial charge is 0.0686 e. The summed E-state index contributed by atoms with van der Waals surface area (Å²) in [6.45, 7) is 17.1. The second-order valence-corrected chi connectivity index (χ2v) is 12.0. The highest BCUT2D eigenvalue weighted by Gasteiger charge is 2.51. The highest BCUT2D eigenvalue weighted by molar-refractivity contribution is 6.17. The van der Waals surface area contributed by atoms with Crippen molar-refractivity contribution in [1.82, 2.24) is 0 Å². The van der Waals surface area contributed by atoms with Crippen molar-refractivity contribution in [2.24, 2.45) is 4.99 Å². The lowest BCUT2D eigenvalue weighted by atomic mass is 9.70. The summed E-state index contributed by atoms with van der Waals surface area (Å²) in [6, 6.07) is 35.0. The lowest BCUT2D eigenvalue weighted by Gasteiger charge is -2.31. The quantitative estimate of drug-likeness (QED) is 0.135. The van der Waals surface area contributed by atoms with Crippen molar-refractivity contribution < 1.29 is 0 Å². The zero-order valence-electron chi connectivity index (χ0n) is 27.3. The number of benzene rings is 4. The molecule has 1 spiro atoms. The summed E-state index contributed by atoms with van der Waals surface area (Å²) in [6.07, 6.45) is 15.6. The first-order valence-corrected chi connectivity index (χ1v) is 16.1. The molecule has 0 saturated heterocycles. The minimum Gasteiger partial charge on any atom is -0.256 e. The predicted octanol–water partition coefficient (Wildman–Crippen LogP) is 12.0. The zero-order chi connectivity index (χ0) is 32.3. The largest absolute Gasteiger partial charge is 0.256 e. The number of aliphatic imine (C=N–C) groups is 1. The second kappa shape index (κ2) is 13.0. The molecule has 1 unspecified atom stereocenters. The first-order valence-electron chi connectivity index (χ1n) is 16.1. The van der Waals surface area contributed by atoms with Crippen LogP contribution in [0.5, 0.6) is 0 Å². The number of fused-ring (bicyclic) bond motifs is 7. The molecule has 1 atom stereocenters. The van der Waals surface area contributed by atoms with Gasteiger partial charge < -0.3 is 0 Å². The number of allylic oxidation sites excluding steroid dienone is 11. The van der Waals surface area contributed by atoms with E-state index in [1.54, 1.807) is 0 Å². The Labute approximate surface area is 274 Å². The molecule has 2 aliphatic rings. The minimum absolute atomic E-state index is 0.399. The van der Waals surface area contributed by atoms with Crippen LogP contribution in [-0.2, 0) is 5.41 Å². The van der Waals surface area contributed by atoms with Crippen LogP contribution in [0.2, 0.25) is 0 Å². The molecular weight excluding hydrogens is 555 g/mol. The third-order valence-corrected chi connectivity index (χ3v) is 9.52. The molecule has 1 nitrogen and oxygen atoms in total. The summed E-state index contributed by atoms with van der Waals surface area (Å²) < 4.78 is 0. The standard InChI is InChI=1S/C45H41N/c1-7-10-18-34(8-2)35(9-3)26-25-31(4)37-27-28-40-38-21-14-16-23-42(38)45(44(40)29-37)32(5)41(39-22-15-17-24-43(39)45)30-46-33(6)36-19-12-11-13-20-36/h7-8,10-30H,2,6,9H2,1,3-5H3/b10-7-,31-25+,34-18+,35-26+,46-30-. The van der Waals surface area contributed by atoms with E-state index in [4.69, 9.17) is 4.99 Å². The monoisotopic (exact) mass is 595 g/mol. The average molecular weight is 596 g/mol. The van der Waals surface area contributed by atoms with Gasteiger partial charge in [-0.2, -0.15) is 0 Å². The number of nitrogens with zero attached hydrogens (tertiary/aromatic N) is 1. The van der Waals surface area contributed by atoms with Gasteiger partial charge in [-0.15, -0.1) is 0 Å². The molecule has 1 heteroatoms. The van der Waals surface area contributed by atoms with Crippen LogP contribution in [0.15, 0.2) is 168 Å². The summed E-state index contributed by atoms with van der Waals surface area (Å²) in [5.74, 6) is 0. The van der Waals surface area contributed by atoms with E-state index in [9.17, 15) is 0 Å². The van der Waals surface area contributed by atoms with Gasteiger partial charge in [0.15, 0.2) is 0 Å². The van der Waals surface area contributed by atoms with Crippen molar-refractivity contribution >= 4 is 23.1 Å². The molecule has 2 aliphatic carbocycles. The van der Waals surface area contributed by atoms with Crippen molar-refractivity contribution in [2.75, 3.05) is 0 Å². The Balaban J connectivity index is 1.51. The topological polar surface area (TPSA) is 12.4 Å². The zero-order valence-corrected chi connectivity index (χ0v) is 27.3. The summed E-state index contributed by atoms with van der Waals surface area (Å²) in [7, 11) is 0. The molecule has 0 fully saturated rings. The Morgan fingerprint density at radius 1 is 0.761 bits per heavy atom. The molecule has 0 radical (unpaired) electrons. The van der Waals surface area contributed by atoms with Crippen LogP contribution < -0.4 is 0 Å². The molecule has 6 rings (SSSR count). The fraction of sp³-hybridized carbons (Fsp3) is 0.133. The van der Waals surface area contributed by atoms with Crippen molar-refractivity contribution in [2.45, 2.75) is 39.5 Å². The highest BCUT2D eigenvalue weighted by atomic mass is 14.7. The van der Waals surface area contributed by atoms with E-state index >= 15 is 0 Å². The third-order valence-electron chi connectivity index (χ3n) is 9.52. The van der Waals surface area contributed by atoms with E-state index in [0.29, 0.717) is 0 Å². The van der Waals surface area contributed by atoms with Crippen LogP contribution >= 0.6 is 0 Å². The Bertz CT molecular complexity index is 2020. The molecule has 4 aromatic carbocycles. The van der Waals surface area contributed by atoms with Gasteiger partial charge in [-0.25, -0.2) is 0 Å². The van der Waals surface area contributed by atoms with E-state index in [1.807, 2.05) is 43.5 Å². The minimum atomic E-state index is -0.399. The fourth-order valence-corrected chi connectivity index (χ4v) is 7.13. The maximum Gasteiger partial charge on any atom is 0.0686 e. The summed E-state index contributed by atoms with van der Waals surface area (Å²) >= 11 is 0. The number of hydrogen-bond donors (Lipinski definition) is 0. The molecule has 4 aromatic rings. The normalized spacial score (nSPS) is 17.6. The van der Waals surface area contributed by atoms with E-state index < -0.39 is 5.41 Å². The maximum atomic E-state index is 4.92. The van der Waals surface area contributed by atoms with Crippen LogP contribution in [0.1, 0.15) is 67.5 Å². The molecule has 46 heavy (non-hydrogen) atoms. The van der Waals surface area contributed by atoms with Crippen molar-refractivity contribution in [3.05, 3.63) is 197 Å². The molecule has 0 aliphatic heterocycles. The van der Waals surface area contributed by atoms with Crippen LogP contribution in [0.3, 0.4) is 0 Å². The summed E-state index contributed by atoms with van der Waals surface area (Å²) in [5, 5.41) is 0. The Morgan fingerprint density at radius 3 is 2.11 bits per heavy atom. The molecule has 0 bridgehead atoms. The lowest BCUT2D eigenvalue weighted by molar-refractivity contribution is 0.766. The average Bonchev–Trinajstić information content (AvgIpc) is 3.54. The van der Waals surface area contributed by atoms with Gasteiger partial charge in [0.25, 0.3) is 0 Å². The fourth-order valence-electron chi connectivity index (χ4n) is 7.13. The van der Waals surface area contributed by atoms with E-state index in [-0.39, 0.29) is 0 Å². The maximum absolute atomic E-state index is 4.92. The molecule has 0 N–H and O–H groups in total. The Kier molecular flexibility index (Phi) is 8.68. The molecule has 0 saturated carbocycles. The van der Waals surface area contributed by atoms with Gasteiger partial charge in [0.2, 0.25) is 0 Å². The van der Waals surface area contributed by atoms with Crippen LogP contribution in [0.25, 0.3) is 28.0 Å². The Morgan fingerprint density at radius 2 is 1.41 bits per heavy atom. The van der Waals surface area contributed by atoms with Crippen molar-refractivity contribution in [3.63, 3.8) is 0 Å². The third kappa shape index (κ3) is 5.12. The van der Waals surface area contributed by atoms with Crippen LogP contribution in [-0.4, -0.2) is 6.21 Å². The van der Waals surface area contributed by atoms with Crippen LogP contribution in [0, 0.1) is 0 Å². The van der Waals surface area contributed by atoms with E-state index in [1.165, 1.54) is 55.7 Å². The lowest BCUT2D eigenvalue weighted by Crippen LogP contribution is -2.26. The summed E-state index contributed by atoms with van der Waals surface area (Å²) in [5.41, 5.74) is 16.5. The Hall–Kier alpha value is -5.27. The molecule has 0 amide bonds.